The van der Waals surface area contributed by atoms with E-state index in [-0.39, 0.29) is 29.5 Å². The number of carbonyl (C=O) groups is 2. The summed E-state index contributed by atoms with van der Waals surface area (Å²) in [7, 11) is 1.40. The largest absolute Gasteiger partial charge is 0.493 e. The minimum atomic E-state index is -4.54. The fourth-order valence-corrected chi connectivity index (χ4v) is 3.89. The van der Waals surface area contributed by atoms with Gasteiger partial charge in [0, 0.05) is 19.5 Å². The maximum atomic E-state index is 13.3. The van der Waals surface area contributed by atoms with E-state index in [4.69, 9.17) is 4.74 Å². The first-order valence-corrected chi connectivity index (χ1v) is 10.7. The second-order valence-electron chi connectivity index (χ2n) is 7.92. The van der Waals surface area contributed by atoms with Crippen molar-refractivity contribution in [1.29, 1.82) is 0 Å². The number of nitrogens with one attached hydrogen (secondary N) is 1. The molecule has 2 aromatic carbocycles. The average molecular weight is 472 g/mol. The number of alkyl halides is 3. The highest BCUT2D eigenvalue weighted by molar-refractivity contribution is 5.95. The second kappa shape index (κ2) is 9.58. The van der Waals surface area contributed by atoms with E-state index in [0.717, 1.165) is 12.1 Å². The average Bonchev–Trinajstić information content (AvgIpc) is 3.45. The van der Waals surface area contributed by atoms with Gasteiger partial charge in [-0.05, 0) is 36.2 Å². The topological polar surface area (TPSA) is 76.5 Å². The van der Waals surface area contributed by atoms with Gasteiger partial charge < -0.3 is 15.0 Å². The van der Waals surface area contributed by atoms with Crippen LogP contribution in [0.15, 0.2) is 60.8 Å². The van der Waals surface area contributed by atoms with Crippen molar-refractivity contribution in [2.75, 3.05) is 20.2 Å². The fourth-order valence-electron chi connectivity index (χ4n) is 3.89. The van der Waals surface area contributed by atoms with Gasteiger partial charge in [0.15, 0.2) is 11.4 Å². The van der Waals surface area contributed by atoms with E-state index in [0.29, 0.717) is 25.1 Å². The Morgan fingerprint density at radius 3 is 2.59 bits per heavy atom. The molecule has 0 aliphatic carbocycles. The fraction of sp³-hybridized carbons (Fsp3) is 0.292. The second-order valence-corrected chi connectivity index (χ2v) is 7.92. The minimum absolute atomic E-state index is 0.0175. The summed E-state index contributed by atoms with van der Waals surface area (Å²) in [6.07, 6.45) is -1.95. The van der Waals surface area contributed by atoms with Crippen LogP contribution in [0.1, 0.15) is 40.5 Å². The molecule has 1 saturated heterocycles. The molecular weight excluding hydrogens is 449 g/mol. The number of carbonyl (C=O) groups excluding carboxylic acids is 2. The third-order valence-electron chi connectivity index (χ3n) is 5.63. The molecule has 178 valence electrons. The third kappa shape index (κ3) is 5.05. The van der Waals surface area contributed by atoms with E-state index in [1.54, 1.807) is 23.2 Å². The number of ether oxygens (including phenoxy) is 1. The van der Waals surface area contributed by atoms with Crippen LogP contribution < -0.4 is 10.1 Å². The van der Waals surface area contributed by atoms with E-state index >= 15 is 0 Å². The Morgan fingerprint density at radius 2 is 1.94 bits per heavy atom. The first kappa shape index (κ1) is 23.3. The maximum Gasteiger partial charge on any atom is 0.416 e. The third-order valence-corrected chi connectivity index (χ3v) is 5.63. The predicted molar refractivity (Wildman–Crippen MR) is 118 cm³/mol. The molecule has 2 heterocycles. The lowest BCUT2D eigenvalue weighted by molar-refractivity contribution is -0.137. The van der Waals surface area contributed by atoms with Crippen molar-refractivity contribution in [1.82, 2.24) is 20.0 Å². The summed E-state index contributed by atoms with van der Waals surface area (Å²) >= 11 is 0. The van der Waals surface area contributed by atoms with Crippen molar-refractivity contribution in [3.8, 4) is 11.4 Å². The van der Waals surface area contributed by atoms with Gasteiger partial charge in [0.1, 0.15) is 0 Å². The van der Waals surface area contributed by atoms with Crippen LogP contribution in [0.25, 0.3) is 5.69 Å². The molecular formula is C24H23F3N4O3. The molecule has 34 heavy (non-hydrogen) atoms. The number of methoxy groups -OCH3 is 1. The molecule has 2 amide bonds. The van der Waals surface area contributed by atoms with Gasteiger partial charge >= 0.3 is 6.18 Å². The van der Waals surface area contributed by atoms with Crippen LogP contribution in [0.2, 0.25) is 0 Å². The summed E-state index contributed by atoms with van der Waals surface area (Å²) in [6.45, 7) is 0.531. The number of halogens is 3. The molecule has 0 bridgehead atoms. The van der Waals surface area contributed by atoms with Gasteiger partial charge in [-0.1, -0.05) is 30.3 Å². The van der Waals surface area contributed by atoms with E-state index in [1.165, 1.54) is 23.9 Å². The molecule has 4 rings (SSSR count). The SMILES string of the molecule is COc1cn(-c2ccccc2)nc1C(=O)N[C@H](CN1CCCC1=O)c1cccc(C(F)(F)F)c1. The predicted octanol–water partition coefficient (Wildman–Crippen LogP) is 3.99. The lowest BCUT2D eigenvalue weighted by Gasteiger charge is -2.25. The van der Waals surface area contributed by atoms with Crippen molar-refractivity contribution < 1.29 is 27.5 Å². The molecule has 0 saturated carbocycles. The molecule has 1 atom stereocenters. The first-order chi connectivity index (χ1) is 16.3. The van der Waals surface area contributed by atoms with Gasteiger partial charge in [-0.2, -0.15) is 18.3 Å². The summed E-state index contributed by atoms with van der Waals surface area (Å²) in [5.41, 5.74) is 0.0975. The zero-order valence-corrected chi connectivity index (χ0v) is 18.4. The monoisotopic (exact) mass is 472 g/mol. The van der Waals surface area contributed by atoms with Crippen LogP contribution in [0, 0.1) is 0 Å². The molecule has 0 radical (unpaired) electrons. The van der Waals surface area contributed by atoms with Crippen LogP contribution in [0.3, 0.4) is 0 Å². The summed E-state index contributed by atoms with van der Waals surface area (Å²) < 4.78 is 46.7. The normalized spacial score (nSPS) is 14.8. The Labute approximate surface area is 194 Å². The Kier molecular flexibility index (Phi) is 6.58. The van der Waals surface area contributed by atoms with Crippen molar-refractivity contribution in [2.45, 2.75) is 25.1 Å². The Hall–Kier alpha value is -3.82. The highest BCUT2D eigenvalue weighted by atomic mass is 19.4. The van der Waals surface area contributed by atoms with E-state index in [1.807, 2.05) is 18.2 Å². The summed E-state index contributed by atoms with van der Waals surface area (Å²) in [6, 6.07) is 13.0. The van der Waals surface area contributed by atoms with E-state index < -0.39 is 23.7 Å². The Balaban J connectivity index is 1.64. The van der Waals surface area contributed by atoms with E-state index in [2.05, 4.69) is 10.4 Å². The van der Waals surface area contributed by atoms with Crippen molar-refractivity contribution >= 4 is 11.8 Å². The number of amides is 2. The zero-order valence-electron chi connectivity index (χ0n) is 18.4. The van der Waals surface area contributed by atoms with Crippen LogP contribution >= 0.6 is 0 Å². The number of rotatable bonds is 7. The summed E-state index contributed by atoms with van der Waals surface area (Å²) in [4.78, 5) is 26.9. The molecule has 1 N–H and O–H groups in total. The van der Waals surface area contributed by atoms with Crippen molar-refractivity contribution in [3.63, 3.8) is 0 Å². The number of likely N-dealkylation sites (tertiary alicyclic amines) is 1. The van der Waals surface area contributed by atoms with Crippen LogP contribution in [0.5, 0.6) is 5.75 Å². The van der Waals surface area contributed by atoms with E-state index in [9.17, 15) is 22.8 Å². The molecule has 1 aliphatic rings. The zero-order chi connectivity index (χ0) is 24.3. The molecule has 0 unspecified atom stereocenters. The standard InChI is InChI=1S/C24H23F3N4O3/c1-34-20-15-31(18-9-3-2-4-10-18)29-22(20)23(33)28-19(14-30-12-6-11-21(30)32)16-7-5-8-17(13-16)24(25,26)27/h2-5,7-10,13,15,19H,6,11-12,14H2,1H3,(H,28,33)/t19-/m1/s1. The molecule has 3 aromatic rings. The minimum Gasteiger partial charge on any atom is -0.493 e. The Morgan fingerprint density at radius 1 is 1.18 bits per heavy atom. The summed E-state index contributed by atoms with van der Waals surface area (Å²) in [5.74, 6) is -0.515. The smallest absolute Gasteiger partial charge is 0.416 e. The van der Waals surface area contributed by atoms with Gasteiger partial charge in [0.05, 0.1) is 30.6 Å². The van der Waals surface area contributed by atoms with Gasteiger partial charge in [-0.15, -0.1) is 0 Å². The van der Waals surface area contributed by atoms with Gasteiger partial charge in [0.2, 0.25) is 5.91 Å². The quantitative estimate of drug-likeness (QED) is 0.564. The van der Waals surface area contributed by atoms with Crippen molar-refractivity contribution in [2.24, 2.45) is 0 Å². The molecule has 1 aliphatic heterocycles. The van der Waals surface area contributed by atoms with Crippen molar-refractivity contribution in [3.05, 3.63) is 77.6 Å². The molecule has 1 fully saturated rings. The number of para-hydroxylation sites is 1. The maximum absolute atomic E-state index is 13.3. The molecule has 0 spiro atoms. The van der Waals surface area contributed by atoms with Gasteiger partial charge in [0.25, 0.3) is 5.91 Å². The van der Waals surface area contributed by atoms with Gasteiger partial charge in [-0.25, -0.2) is 4.68 Å². The van der Waals surface area contributed by atoms with Crippen LogP contribution in [-0.2, 0) is 11.0 Å². The number of aromatic nitrogens is 2. The Bertz CT molecular complexity index is 1180. The molecule has 1 aromatic heterocycles. The first-order valence-electron chi connectivity index (χ1n) is 10.7. The number of hydrogen-bond acceptors (Lipinski definition) is 4. The summed E-state index contributed by atoms with van der Waals surface area (Å²) in [5, 5.41) is 7.08. The molecule has 7 nitrogen and oxygen atoms in total. The number of hydrogen-bond donors (Lipinski definition) is 1. The van der Waals surface area contributed by atoms with Crippen LogP contribution in [0.4, 0.5) is 13.2 Å². The lowest BCUT2D eigenvalue weighted by atomic mass is 10.0. The van der Waals surface area contributed by atoms with Crippen LogP contribution in [-0.4, -0.2) is 46.7 Å². The highest BCUT2D eigenvalue weighted by Crippen LogP contribution is 2.31. The highest BCUT2D eigenvalue weighted by Gasteiger charge is 2.32. The number of benzene rings is 2. The van der Waals surface area contributed by atoms with Gasteiger partial charge in [-0.3, -0.25) is 9.59 Å². The lowest BCUT2D eigenvalue weighted by Crippen LogP contribution is -2.39. The number of nitrogens with zero attached hydrogens (tertiary/aromatic N) is 3. The molecule has 10 heteroatoms.